The maximum absolute atomic E-state index is 4.45. The van der Waals surface area contributed by atoms with Gasteiger partial charge in [0.1, 0.15) is 11.6 Å². The molecule has 200 valence electrons. The van der Waals surface area contributed by atoms with Gasteiger partial charge in [-0.3, -0.25) is 0 Å². The number of hydrogen-bond acceptors (Lipinski definition) is 8. The third kappa shape index (κ3) is 11.7. The Balaban J connectivity index is 0.000000253. The van der Waals surface area contributed by atoms with E-state index in [-0.39, 0.29) is 13.5 Å². The lowest BCUT2D eigenvalue weighted by Gasteiger charge is -2.24. The number of likely N-dealkylation sites (N-methyl/N-ethyl adjacent to an activating group) is 2. The van der Waals surface area contributed by atoms with Crippen LogP contribution in [0, 0.1) is 0 Å². The van der Waals surface area contributed by atoms with Crippen LogP contribution in [0.3, 0.4) is 0 Å². The Labute approximate surface area is 237 Å². The Morgan fingerprint density at radius 2 is 1.00 bits per heavy atom. The molecule has 4 heterocycles. The molecular weight excluding hydrogens is 517 g/mol. The van der Waals surface area contributed by atoms with Gasteiger partial charge in [-0.1, -0.05) is 24.3 Å². The van der Waals surface area contributed by atoms with Gasteiger partial charge in [0.2, 0.25) is 0 Å². The molecule has 0 radical (unpaired) electrons. The highest BCUT2D eigenvalue weighted by atomic mass is 32.1. The zero-order valence-corrected chi connectivity index (χ0v) is 25.0. The molecule has 4 aromatic heterocycles. The summed E-state index contributed by atoms with van der Waals surface area (Å²) in [6, 6.07) is 20.7. The lowest BCUT2D eigenvalue weighted by atomic mass is 10.3. The first-order valence-corrected chi connectivity index (χ1v) is 13.9. The SMILES string of the molecule is CN(C)CCN(Cc1cccs1)c1ccccn1.CN(C)CCN(Cc1cccs1)c1ccccn1.S. The summed E-state index contributed by atoms with van der Waals surface area (Å²) in [5, 5.41) is 4.25. The minimum atomic E-state index is 0. The lowest BCUT2D eigenvalue weighted by molar-refractivity contribution is 0.412. The van der Waals surface area contributed by atoms with E-state index < -0.39 is 0 Å². The summed E-state index contributed by atoms with van der Waals surface area (Å²) in [6.45, 7) is 5.90. The van der Waals surface area contributed by atoms with E-state index in [4.69, 9.17) is 0 Å². The van der Waals surface area contributed by atoms with Crippen LogP contribution in [0.15, 0.2) is 83.8 Å². The molecule has 0 spiro atoms. The molecule has 0 aromatic carbocycles. The van der Waals surface area contributed by atoms with Gasteiger partial charge in [-0.25, -0.2) is 9.97 Å². The van der Waals surface area contributed by atoms with Gasteiger partial charge in [-0.2, -0.15) is 13.5 Å². The summed E-state index contributed by atoms with van der Waals surface area (Å²) in [7, 11) is 8.40. The smallest absolute Gasteiger partial charge is 0.128 e. The standard InChI is InChI=1S/2C14H19N3S.H2S/c2*1-16(2)9-10-17(12-13-6-5-11-18-13)14-7-3-4-8-15-14;/h2*3-8,11H,9-10,12H2,1-2H3;1H2. The zero-order chi connectivity index (χ0) is 25.6. The van der Waals surface area contributed by atoms with Gasteiger partial charge in [0, 0.05) is 48.3 Å². The highest BCUT2D eigenvalue weighted by Gasteiger charge is 2.10. The number of rotatable bonds is 12. The monoisotopic (exact) mass is 556 g/mol. The second kappa shape index (κ2) is 17.1. The quantitative estimate of drug-likeness (QED) is 0.228. The van der Waals surface area contributed by atoms with Crippen molar-refractivity contribution in [3.63, 3.8) is 0 Å². The molecule has 0 bridgehead atoms. The number of pyridine rings is 2. The molecule has 4 rings (SSSR count). The van der Waals surface area contributed by atoms with Crippen molar-refractivity contribution in [2.24, 2.45) is 0 Å². The van der Waals surface area contributed by atoms with Crippen molar-refractivity contribution in [3.8, 4) is 0 Å². The van der Waals surface area contributed by atoms with Gasteiger partial charge in [-0.05, 0) is 75.3 Å². The molecular formula is C28H40N6S3. The van der Waals surface area contributed by atoms with Gasteiger partial charge in [0.05, 0.1) is 13.1 Å². The van der Waals surface area contributed by atoms with Crippen LogP contribution in [0.25, 0.3) is 0 Å². The molecule has 0 amide bonds. The lowest BCUT2D eigenvalue weighted by Crippen LogP contribution is -2.31. The van der Waals surface area contributed by atoms with E-state index in [1.165, 1.54) is 9.75 Å². The number of anilines is 2. The van der Waals surface area contributed by atoms with E-state index in [0.717, 1.165) is 50.9 Å². The van der Waals surface area contributed by atoms with Crippen LogP contribution >= 0.6 is 36.2 Å². The molecule has 37 heavy (non-hydrogen) atoms. The fourth-order valence-electron chi connectivity index (χ4n) is 3.45. The van der Waals surface area contributed by atoms with Gasteiger partial charge < -0.3 is 19.6 Å². The third-order valence-electron chi connectivity index (χ3n) is 5.43. The predicted molar refractivity (Wildman–Crippen MR) is 167 cm³/mol. The van der Waals surface area contributed by atoms with Crippen LogP contribution in [0.4, 0.5) is 11.6 Å². The first kappa shape index (κ1) is 30.8. The van der Waals surface area contributed by atoms with E-state index in [2.05, 4.69) is 105 Å². The van der Waals surface area contributed by atoms with Crippen molar-refractivity contribution in [1.82, 2.24) is 19.8 Å². The molecule has 0 saturated heterocycles. The fourth-order valence-corrected chi connectivity index (χ4v) is 4.89. The van der Waals surface area contributed by atoms with E-state index >= 15 is 0 Å². The fraction of sp³-hybridized carbons (Fsp3) is 0.357. The van der Waals surface area contributed by atoms with Crippen LogP contribution in [-0.4, -0.2) is 74.1 Å². The highest BCUT2D eigenvalue weighted by molar-refractivity contribution is 7.59. The van der Waals surface area contributed by atoms with Crippen molar-refractivity contribution >= 4 is 47.8 Å². The van der Waals surface area contributed by atoms with Crippen molar-refractivity contribution in [3.05, 3.63) is 93.6 Å². The van der Waals surface area contributed by atoms with Crippen LogP contribution in [0.2, 0.25) is 0 Å². The van der Waals surface area contributed by atoms with Gasteiger partial charge in [0.25, 0.3) is 0 Å². The van der Waals surface area contributed by atoms with Gasteiger partial charge >= 0.3 is 0 Å². The summed E-state index contributed by atoms with van der Waals surface area (Å²) in [4.78, 5) is 20.7. The average Bonchev–Trinajstić information content (AvgIpc) is 3.60. The second-order valence-corrected chi connectivity index (χ2v) is 11.0. The van der Waals surface area contributed by atoms with Crippen LogP contribution in [0.5, 0.6) is 0 Å². The molecule has 0 unspecified atom stereocenters. The summed E-state index contributed by atoms with van der Waals surface area (Å²) < 4.78 is 0. The third-order valence-corrected chi connectivity index (χ3v) is 7.16. The Morgan fingerprint density at radius 3 is 1.30 bits per heavy atom. The first-order valence-electron chi connectivity index (χ1n) is 12.2. The minimum absolute atomic E-state index is 0. The number of nitrogens with zero attached hydrogens (tertiary/aromatic N) is 6. The molecule has 0 atom stereocenters. The predicted octanol–water partition coefficient (Wildman–Crippen LogP) is 5.54. The zero-order valence-electron chi connectivity index (χ0n) is 22.3. The molecule has 0 N–H and O–H groups in total. The first-order chi connectivity index (χ1) is 17.5. The van der Waals surface area contributed by atoms with E-state index in [1.54, 1.807) is 22.7 Å². The molecule has 0 saturated carbocycles. The Bertz CT molecular complexity index is 970. The maximum atomic E-state index is 4.45. The Hall–Kier alpha value is -2.43. The average molecular weight is 557 g/mol. The highest BCUT2D eigenvalue weighted by Crippen LogP contribution is 2.18. The summed E-state index contributed by atoms with van der Waals surface area (Å²) in [5.74, 6) is 2.10. The number of thiophene rings is 2. The minimum Gasteiger partial charge on any atom is -0.350 e. The summed E-state index contributed by atoms with van der Waals surface area (Å²) in [6.07, 6.45) is 3.71. The molecule has 4 aromatic rings. The van der Waals surface area contributed by atoms with Gasteiger partial charge in [-0.15, -0.1) is 22.7 Å². The number of aromatic nitrogens is 2. The Morgan fingerprint density at radius 1 is 0.568 bits per heavy atom. The van der Waals surface area contributed by atoms with Crippen LogP contribution in [-0.2, 0) is 13.1 Å². The van der Waals surface area contributed by atoms with E-state index in [0.29, 0.717) is 0 Å². The molecule has 9 heteroatoms. The largest absolute Gasteiger partial charge is 0.350 e. The van der Waals surface area contributed by atoms with Crippen molar-refractivity contribution in [2.45, 2.75) is 13.1 Å². The maximum Gasteiger partial charge on any atom is 0.128 e. The van der Waals surface area contributed by atoms with Crippen molar-refractivity contribution < 1.29 is 0 Å². The van der Waals surface area contributed by atoms with E-state index in [9.17, 15) is 0 Å². The molecule has 0 aliphatic rings. The molecule has 6 nitrogen and oxygen atoms in total. The summed E-state index contributed by atoms with van der Waals surface area (Å²) >= 11 is 3.59. The normalized spacial score (nSPS) is 10.5. The van der Waals surface area contributed by atoms with Crippen LogP contribution < -0.4 is 9.80 Å². The molecule has 0 aliphatic heterocycles. The van der Waals surface area contributed by atoms with E-state index in [1.807, 2.05) is 36.7 Å². The van der Waals surface area contributed by atoms with Crippen molar-refractivity contribution in [2.75, 3.05) is 64.2 Å². The van der Waals surface area contributed by atoms with Crippen LogP contribution in [0.1, 0.15) is 9.75 Å². The molecule has 0 fully saturated rings. The Kier molecular flexibility index (Phi) is 14.3. The van der Waals surface area contributed by atoms with Gasteiger partial charge in [0.15, 0.2) is 0 Å². The topological polar surface area (TPSA) is 38.7 Å². The second-order valence-electron chi connectivity index (χ2n) is 8.98. The molecule has 0 aliphatic carbocycles. The van der Waals surface area contributed by atoms with Crippen molar-refractivity contribution in [1.29, 1.82) is 0 Å². The number of hydrogen-bond donors (Lipinski definition) is 0. The summed E-state index contributed by atoms with van der Waals surface area (Å²) in [5.41, 5.74) is 0.